The number of halogens is 3. The Morgan fingerprint density at radius 2 is 1.78 bits per heavy atom. The third kappa shape index (κ3) is 5.14. The van der Waals surface area contributed by atoms with E-state index in [1.54, 1.807) is 0 Å². The number of sulfonamides is 1. The molecule has 1 saturated carbocycles. The molecule has 0 bridgehead atoms. The Morgan fingerprint density at radius 3 is 2.41 bits per heavy atom. The van der Waals surface area contributed by atoms with Gasteiger partial charge in [0.1, 0.15) is 0 Å². The van der Waals surface area contributed by atoms with Crippen LogP contribution in [-0.4, -0.2) is 38.5 Å². The van der Waals surface area contributed by atoms with Crippen molar-refractivity contribution in [1.29, 1.82) is 0 Å². The van der Waals surface area contributed by atoms with E-state index < -0.39 is 26.7 Å². The third-order valence-corrected chi connectivity index (χ3v) is 6.48. The molecular weight excluding hydrogens is 379 g/mol. The van der Waals surface area contributed by atoms with E-state index in [2.05, 4.69) is 10.2 Å². The van der Waals surface area contributed by atoms with Crippen LogP contribution in [0.4, 0.5) is 18.9 Å². The zero-order valence-electron chi connectivity index (χ0n) is 15.1. The number of hydrogen-bond acceptors (Lipinski definition) is 4. The quantitative estimate of drug-likeness (QED) is 0.803. The predicted molar refractivity (Wildman–Crippen MR) is 97.9 cm³/mol. The zero-order valence-corrected chi connectivity index (χ0v) is 16.0. The number of benzene rings is 1. The summed E-state index contributed by atoms with van der Waals surface area (Å²) in [5.74, 6) is 0. The second kappa shape index (κ2) is 7.97. The first kappa shape index (κ1) is 20.4. The van der Waals surface area contributed by atoms with Gasteiger partial charge in [0.25, 0.3) is 0 Å². The number of primary sulfonamides is 1. The molecule has 1 heterocycles. The van der Waals surface area contributed by atoms with Gasteiger partial charge in [-0.3, -0.25) is 4.90 Å². The SMILES string of the molecule is NS(=O)(=O)c1ccc(NC2CCCN(C3CCCCC3)C2)cc1C(F)(F)F. The van der Waals surface area contributed by atoms with Crippen LogP contribution < -0.4 is 10.5 Å². The topological polar surface area (TPSA) is 75.4 Å². The molecule has 2 aliphatic rings. The number of likely N-dealkylation sites (tertiary alicyclic amines) is 1. The standard InChI is InChI=1S/C18H26F3N3O2S/c19-18(20,21)16-11-13(8-9-17(16)27(22,25)26)23-14-5-4-10-24(12-14)15-6-2-1-3-7-15/h8-9,11,14-15,23H,1-7,10,12H2,(H2,22,25,26). The summed E-state index contributed by atoms with van der Waals surface area (Å²) < 4.78 is 62.8. The number of hydrogen-bond donors (Lipinski definition) is 2. The van der Waals surface area contributed by atoms with E-state index in [4.69, 9.17) is 5.14 Å². The van der Waals surface area contributed by atoms with Crippen molar-refractivity contribution >= 4 is 15.7 Å². The fourth-order valence-electron chi connectivity index (χ4n) is 4.23. The summed E-state index contributed by atoms with van der Waals surface area (Å²) in [4.78, 5) is 1.55. The summed E-state index contributed by atoms with van der Waals surface area (Å²) in [5, 5.41) is 8.10. The molecular formula is C18H26F3N3O2S. The Bertz CT molecular complexity index is 762. The third-order valence-electron chi connectivity index (χ3n) is 5.51. The van der Waals surface area contributed by atoms with Gasteiger partial charge in [0.15, 0.2) is 0 Å². The molecule has 3 rings (SSSR count). The number of nitrogens with two attached hydrogens (primary N) is 1. The van der Waals surface area contributed by atoms with Crippen LogP contribution in [0, 0.1) is 0 Å². The number of anilines is 1. The maximum atomic E-state index is 13.3. The highest BCUT2D eigenvalue weighted by molar-refractivity contribution is 7.89. The van der Waals surface area contributed by atoms with E-state index in [9.17, 15) is 21.6 Å². The van der Waals surface area contributed by atoms with E-state index >= 15 is 0 Å². The first-order valence-electron chi connectivity index (χ1n) is 9.39. The molecule has 0 spiro atoms. The zero-order chi connectivity index (χ0) is 19.7. The van der Waals surface area contributed by atoms with E-state index in [1.165, 1.54) is 38.2 Å². The van der Waals surface area contributed by atoms with E-state index in [0.717, 1.165) is 38.1 Å². The predicted octanol–water partition coefficient (Wildman–Crippen LogP) is 3.56. The maximum absolute atomic E-state index is 13.3. The van der Waals surface area contributed by atoms with Crippen LogP contribution >= 0.6 is 0 Å². The Balaban J connectivity index is 1.75. The van der Waals surface area contributed by atoms with Gasteiger partial charge in [0.2, 0.25) is 10.0 Å². The average Bonchev–Trinajstić information content (AvgIpc) is 2.61. The number of alkyl halides is 3. The van der Waals surface area contributed by atoms with Crippen LogP contribution in [-0.2, 0) is 16.2 Å². The van der Waals surface area contributed by atoms with Crippen LogP contribution in [0.1, 0.15) is 50.5 Å². The second-order valence-corrected chi connectivity index (χ2v) is 9.05. The van der Waals surface area contributed by atoms with Crippen molar-refractivity contribution in [2.45, 2.75) is 68.1 Å². The van der Waals surface area contributed by atoms with Gasteiger partial charge in [-0.2, -0.15) is 13.2 Å². The van der Waals surface area contributed by atoms with Crippen molar-refractivity contribution in [2.75, 3.05) is 18.4 Å². The molecule has 27 heavy (non-hydrogen) atoms. The van der Waals surface area contributed by atoms with Crippen molar-refractivity contribution in [1.82, 2.24) is 4.90 Å². The molecule has 1 aliphatic heterocycles. The summed E-state index contributed by atoms with van der Waals surface area (Å²) in [7, 11) is -4.45. The molecule has 0 aromatic heterocycles. The lowest BCUT2D eigenvalue weighted by Gasteiger charge is -2.40. The number of nitrogens with one attached hydrogen (secondary N) is 1. The van der Waals surface area contributed by atoms with Crippen molar-refractivity contribution in [3.8, 4) is 0 Å². The first-order valence-corrected chi connectivity index (χ1v) is 10.9. The first-order chi connectivity index (χ1) is 12.6. The summed E-state index contributed by atoms with van der Waals surface area (Å²) in [6.45, 7) is 1.82. The molecule has 1 aromatic carbocycles. The second-order valence-electron chi connectivity index (χ2n) is 7.52. The largest absolute Gasteiger partial charge is 0.417 e. The van der Waals surface area contributed by atoms with Gasteiger partial charge in [-0.15, -0.1) is 0 Å². The summed E-state index contributed by atoms with van der Waals surface area (Å²) in [5.41, 5.74) is -0.958. The number of nitrogens with zero attached hydrogens (tertiary/aromatic N) is 1. The molecule has 1 atom stereocenters. The van der Waals surface area contributed by atoms with Gasteiger partial charge in [-0.1, -0.05) is 19.3 Å². The van der Waals surface area contributed by atoms with Gasteiger partial charge in [0, 0.05) is 24.3 Å². The van der Waals surface area contributed by atoms with Crippen LogP contribution in [0.2, 0.25) is 0 Å². The molecule has 3 N–H and O–H groups in total. The van der Waals surface area contributed by atoms with Crippen LogP contribution in [0.15, 0.2) is 23.1 Å². The molecule has 1 saturated heterocycles. The monoisotopic (exact) mass is 405 g/mol. The van der Waals surface area contributed by atoms with Crippen LogP contribution in [0.5, 0.6) is 0 Å². The summed E-state index contributed by atoms with van der Waals surface area (Å²) >= 11 is 0. The minimum Gasteiger partial charge on any atom is -0.381 e. The van der Waals surface area contributed by atoms with E-state index in [1.807, 2.05) is 0 Å². The van der Waals surface area contributed by atoms with E-state index in [-0.39, 0.29) is 11.7 Å². The number of piperidine rings is 1. The fourth-order valence-corrected chi connectivity index (χ4v) is 4.97. The van der Waals surface area contributed by atoms with Crippen molar-refractivity contribution in [3.63, 3.8) is 0 Å². The minimum atomic E-state index is -4.79. The van der Waals surface area contributed by atoms with Gasteiger partial charge in [-0.25, -0.2) is 13.6 Å². The van der Waals surface area contributed by atoms with Gasteiger partial charge >= 0.3 is 6.18 Å². The lowest BCUT2D eigenvalue weighted by atomic mass is 9.92. The summed E-state index contributed by atoms with van der Waals surface area (Å²) in [6.07, 6.45) is 3.22. The van der Waals surface area contributed by atoms with Crippen molar-refractivity contribution in [3.05, 3.63) is 23.8 Å². The highest BCUT2D eigenvalue weighted by atomic mass is 32.2. The summed E-state index contributed by atoms with van der Waals surface area (Å²) in [6, 6.07) is 3.75. The Morgan fingerprint density at radius 1 is 1.07 bits per heavy atom. The molecule has 1 aromatic rings. The minimum absolute atomic E-state index is 0.0436. The molecule has 9 heteroatoms. The fraction of sp³-hybridized carbons (Fsp3) is 0.667. The van der Waals surface area contributed by atoms with Gasteiger partial charge in [-0.05, 0) is 50.4 Å². The smallest absolute Gasteiger partial charge is 0.381 e. The highest BCUT2D eigenvalue weighted by Crippen LogP contribution is 2.36. The average molecular weight is 405 g/mol. The number of rotatable bonds is 4. The highest BCUT2D eigenvalue weighted by Gasteiger charge is 2.37. The van der Waals surface area contributed by atoms with Crippen molar-refractivity contribution < 1.29 is 21.6 Å². The molecule has 2 fully saturated rings. The van der Waals surface area contributed by atoms with Crippen LogP contribution in [0.25, 0.3) is 0 Å². The molecule has 1 aliphatic carbocycles. The Hall–Kier alpha value is -1.32. The van der Waals surface area contributed by atoms with Crippen molar-refractivity contribution in [2.24, 2.45) is 5.14 Å². The van der Waals surface area contributed by atoms with E-state index in [0.29, 0.717) is 6.04 Å². The Kier molecular flexibility index (Phi) is 6.02. The molecule has 0 amide bonds. The van der Waals surface area contributed by atoms with Gasteiger partial charge < -0.3 is 5.32 Å². The Labute approximate surface area is 158 Å². The normalized spacial score (nSPS) is 23.3. The molecule has 5 nitrogen and oxygen atoms in total. The lowest BCUT2D eigenvalue weighted by Crippen LogP contribution is -2.47. The molecule has 152 valence electrons. The molecule has 0 radical (unpaired) electrons. The maximum Gasteiger partial charge on any atom is 0.417 e. The van der Waals surface area contributed by atoms with Crippen LogP contribution in [0.3, 0.4) is 0 Å². The lowest BCUT2D eigenvalue weighted by molar-refractivity contribution is -0.139. The van der Waals surface area contributed by atoms with Gasteiger partial charge in [0.05, 0.1) is 10.5 Å². The molecule has 1 unspecified atom stereocenters.